The van der Waals surface area contributed by atoms with E-state index in [4.69, 9.17) is 0 Å². The van der Waals surface area contributed by atoms with Gasteiger partial charge in [-0.25, -0.2) is 4.98 Å². The van der Waals surface area contributed by atoms with Crippen LogP contribution in [0, 0.1) is 11.9 Å². The van der Waals surface area contributed by atoms with E-state index in [1.165, 1.54) is 6.07 Å². The van der Waals surface area contributed by atoms with E-state index in [2.05, 4.69) is 9.88 Å². The minimum Gasteiger partial charge on any atom is -0.393 e. The highest BCUT2D eigenvalue weighted by atomic mass is 19.1. The third kappa shape index (κ3) is 3.63. The highest BCUT2D eigenvalue weighted by molar-refractivity contribution is 5.79. The van der Waals surface area contributed by atoms with Gasteiger partial charge in [0, 0.05) is 31.6 Å². The molecule has 0 aromatic carbocycles. The van der Waals surface area contributed by atoms with Crippen LogP contribution in [0.1, 0.15) is 32.6 Å². The maximum atomic E-state index is 13.3. The number of carbonyl (C=O) groups is 1. The van der Waals surface area contributed by atoms with E-state index in [9.17, 15) is 14.3 Å². The minimum absolute atomic E-state index is 0.0458. The molecule has 126 valence electrons. The van der Waals surface area contributed by atoms with E-state index in [0.717, 1.165) is 25.7 Å². The number of carbonyl (C=O) groups excluding carboxylic acids is 1. The van der Waals surface area contributed by atoms with Crippen molar-refractivity contribution in [1.29, 1.82) is 0 Å². The molecule has 1 saturated carbocycles. The molecule has 1 N–H and O–H groups in total. The van der Waals surface area contributed by atoms with Gasteiger partial charge in [-0.05, 0) is 44.7 Å². The van der Waals surface area contributed by atoms with Gasteiger partial charge in [0.05, 0.1) is 6.10 Å². The minimum atomic E-state index is -0.478. The van der Waals surface area contributed by atoms with Crippen LogP contribution in [0.5, 0.6) is 0 Å². The first-order valence-corrected chi connectivity index (χ1v) is 8.40. The smallest absolute Gasteiger partial charge is 0.225 e. The molecule has 1 atom stereocenters. The first kappa shape index (κ1) is 16.2. The number of nitrogens with zero attached hydrogens (tertiary/aromatic N) is 3. The number of halogens is 1. The molecule has 1 aromatic heterocycles. The number of pyridine rings is 1. The lowest BCUT2D eigenvalue weighted by molar-refractivity contribution is -0.138. The van der Waals surface area contributed by atoms with Gasteiger partial charge in [-0.3, -0.25) is 4.79 Å². The molecule has 1 saturated heterocycles. The fourth-order valence-corrected chi connectivity index (χ4v) is 3.64. The number of aromatic nitrogens is 1. The average molecular weight is 321 g/mol. The summed E-state index contributed by atoms with van der Waals surface area (Å²) in [7, 11) is 0. The lowest BCUT2D eigenvalue weighted by Crippen LogP contribution is -2.55. The zero-order chi connectivity index (χ0) is 16.4. The zero-order valence-corrected chi connectivity index (χ0v) is 13.5. The molecule has 6 heteroatoms. The average Bonchev–Trinajstić information content (AvgIpc) is 2.55. The molecule has 0 radical (unpaired) electrons. The molecule has 0 bridgehead atoms. The number of hydrogen-bond acceptors (Lipinski definition) is 4. The number of amides is 1. The topological polar surface area (TPSA) is 56.7 Å². The van der Waals surface area contributed by atoms with E-state index in [-0.39, 0.29) is 24.0 Å². The summed E-state index contributed by atoms with van der Waals surface area (Å²) in [6.07, 6.45) is 2.76. The van der Waals surface area contributed by atoms with Crippen molar-refractivity contribution in [2.45, 2.75) is 44.8 Å². The Morgan fingerprint density at radius 3 is 2.65 bits per heavy atom. The fourth-order valence-electron chi connectivity index (χ4n) is 3.64. The van der Waals surface area contributed by atoms with Gasteiger partial charge >= 0.3 is 0 Å². The summed E-state index contributed by atoms with van der Waals surface area (Å²) in [5.41, 5.74) is 0. The Labute approximate surface area is 136 Å². The molecule has 1 unspecified atom stereocenters. The number of piperazine rings is 1. The van der Waals surface area contributed by atoms with Crippen LogP contribution in [0.4, 0.5) is 10.2 Å². The Hall–Kier alpha value is -1.69. The van der Waals surface area contributed by atoms with E-state index < -0.39 is 5.95 Å². The van der Waals surface area contributed by atoms with Crippen molar-refractivity contribution in [1.82, 2.24) is 9.88 Å². The summed E-state index contributed by atoms with van der Waals surface area (Å²) >= 11 is 0. The van der Waals surface area contributed by atoms with Gasteiger partial charge in [0.1, 0.15) is 5.82 Å². The molecule has 2 fully saturated rings. The first-order valence-electron chi connectivity index (χ1n) is 8.40. The summed E-state index contributed by atoms with van der Waals surface area (Å²) in [5.74, 6) is 0.402. The Morgan fingerprint density at radius 1 is 1.26 bits per heavy atom. The number of aliphatic hydroxyl groups is 1. The molecular weight excluding hydrogens is 297 g/mol. The second-order valence-corrected chi connectivity index (χ2v) is 6.65. The van der Waals surface area contributed by atoms with Crippen molar-refractivity contribution in [3.8, 4) is 0 Å². The Morgan fingerprint density at radius 2 is 2.00 bits per heavy atom. The van der Waals surface area contributed by atoms with Crippen LogP contribution in [-0.2, 0) is 4.79 Å². The van der Waals surface area contributed by atoms with Gasteiger partial charge in [-0.2, -0.15) is 4.39 Å². The van der Waals surface area contributed by atoms with Crippen molar-refractivity contribution in [2.75, 3.05) is 24.5 Å². The summed E-state index contributed by atoms with van der Waals surface area (Å²) in [4.78, 5) is 20.6. The van der Waals surface area contributed by atoms with Crippen LogP contribution in [0.3, 0.4) is 0 Å². The fraction of sp³-hybridized carbons (Fsp3) is 0.647. The van der Waals surface area contributed by atoms with E-state index in [1.807, 2.05) is 11.8 Å². The molecule has 23 heavy (non-hydrogen) atoms. The molecule has 2 heterocycles. The van der Waals surface area contributed by atoms with Gasteiger partial charge in [0.2, 0.25) is 11.9 Å². The number of anilines is 1. The van der Waals surface area contributed by atoms with Gasteiger partial charge in [0.15, 0.2) is 0 Å². The van der Waals surface area contributed by atoms with Crippen LogP contribution in [-0.4, -0.2) is 52.7 Å². The lowest BCUT2D eigenvalue weighted by Gasteiger charge is -2.42. The van der Waals surface area contributed by atoms with E-state index in [0.29, 0.717) is 25.5 Å². The molecule has 5 nitrogen and oxygen atoms in total. The van der Waals surface area contributed by atoms with Crippen molar-refractivity contribution >= 4 is 11.7 Å². The van der Waals surface area contributed by atoms with E-state index in [1.54, 1.807) is 12.1 Å². The van der Waals surface area contributed by atoms with Gasteiger partial charge in [0.25, 0.3) is 0 Å². The normalized spacial score (nSPS) is 28.7. The monoisotopic (exact) mass is 321 g/mol. The molecule has 1 aromatic rings. The molecular formula is C17H24FN3O2. The summed E-state index contributed by atoms with van der Waals surface area (Å²) in [5, 5.41) is 9.58. The third-order valence-electron chi connectivity index (χ3n) is 4.98. The standard InChI is InChI=1S/C17H24FN3O2/c1-12-11-20(17(23)13-5-7-14(22)8-6-13)9-10-21(12)16-4-2-3-15(18)19-16/h2-4,12-14,22H,5-11H2,1H3. The van der Waals surface area contributed by atoms with Crippen LogP contribution in [0.25, 0.3) is 0 Å². The number of rotatable bonds is 2. The van der Waals surface area contributed by atoms with Crippen molar-refractivity contribution < 1.29 is 14.3 Å². The second kappa shape index (κ2) is 6.83. The highest BCUT2D eigenvalue weighted by Crippen LogP contribution is 2.27. The van der Waals surface area contributed by atoms with E-state index >= 15 is 0 Å². The number of aliphatic hydroxyl groups excluding tert-OH is 1. The van der Waals surface area contributed by atoms with Crippen molar-refractivity contribution in [3.05, 3.63) is 24.1 Å². The van der Waals surface area contributed by atoms with Gasteiger partial charge in [-0.15, -0.1) is 0 Å². The molecule has 0 spiro atoms. The number of hydrogen-bond donors (Lipinski definition) is 1. The summed E-state index contributed by atoms with van der Waals surface area (Å²) < 4.78 is 13.3. The summed E-state index contributed by atoms with van der Waals surface area (Å²) in [6, 6.07) is 4.91. The maximum Gasteiger partial charge on any atom is 0.225 e. The largest absolute Gasteiger partial charge is 0.393 e. The van der Waals surface area contributed by atoms with Crippen LogP contribution < -0.4 is 4.90 Å². The SMILES string of the molecule is CC1CN(C(=O)C2CCC(O)CC2)CCN1c1cccc(F)n1. The predicted octanol–water partition coefficient (Wildman–Crippen LogP) is 1.81. The summed E-state index contributed by atoms with van der Waals surface area (Å²) in [6.45, 7) is 3.98. The van der Waals surface area contributed by atoms with Crippen LogP contribution in [0.2, 0.25) is 0 Å². The Kier molecular flexibility index (Phi) is 4.80. The molecule has 2 aliphatic rings. The molecule has 1 aliphatic carbocycles. The van der Waals surface area contributed by atoms with Crippen LogP contribution >= 0.6 is 0 Å². The van der Waals surface area contributed by atoms with Gasteiger partial charge < -0.3 is 14.9 Å². The molecule has 1 aliphatic heterocycles. The lowest BCUT2D eigenvalue weighted by atomic mass is 9.86. The van der Waals surface area contributed by atoms with Crippen molar-refractivity contribution in [3.63, 3.8) is 0 Å². The third-order valence-corrected chi connectivity index (χ3v) is 4.98. The highest BCUT2D eigenvalue weighted by Gasteiger charge is 2.33. The molecule has 3 rings (SSSR count). The maximum absolute atomic E-state index is 13.3. The predicted molar refractivity (Wildman–Crippen MR) is 85.5 cm³/mol. The molecule has 1 amide bonds. The first-order chi connectivity index (χ1) is 11.0. The second-order valence-electron chi connectivity index (χ2n) is 6.65. The zero-order valence-electron chi connectivity index (χ0n) is 13.5. The van der Waals surface area contributed by atoms with Gasteiger partial charge in [-0.1, -0.05) is 6.07 Å². The Bertz CT molecular complexity index is 561. The quantitative estimate of drug-likeness (QED) is 0.844. The van der Waals surface area contributed by atoms with Crippen LogP contribution in [0.15, 0.2) is 18.2 Å². The van der Waals surface area contributed by atoms with Crippen molar-refractivity contribution in [2.24, 2.45) is 5.92 Å². The Balaban J connectivity index is 1.61.